The van der Waals surface area contributed by atoms with Gasteiger partial charge in [0.2, 0.25) is 0 Å². The van der Waals surface area contributed by atoms with Crippen molar-refractivity contribution in [3.63, 3.8) is 0 Å². The second kappa shape index (κ2) is 3.66. The number of alkyl halides is 1. The number of aryl methyl sites for hydroxylation is 2. The molecule has 2 aromatic heterocycles. The van der Waals surface area contributed by atoms with Crippen LogP contribution in [0, 0.1) is 0 Å². The van der Waals surface area contributed by atoms with Crippen molar-refractivity contribution in [2.24, 2.45) is 0 Å². The van der Waals surface area contributed by atoms with Gasteiger partial charge in [-0.1, -0.05) is 0 Å². The summed E-state index contributed by atoms with van der Waals surface area (Å²) in [6.07, 6.45) is 4.28. The summed E-state index contributed by atoms with van der Waals surface area (Å²) in [4.78, 5) is 20.4. The highest BCUT2D eigenvalue weighted by Gasteiger charge is 2.19. The lowest BCUT2D eigenvalue weighted by Crippen LogP contribution is -2.12. The fraction of sp³-hybridized carbons (Fsp3) is 0.455. The molecular formula is C11H11FN2OS. The Hall–Kier alpha value is -1.23. The number of halogens is 1. The molecule has 0 saturated heterocycles. The smallest absolute Gasteiger partial charge is 0.260 e. The zero-order valence-corrected chi connectivity index (χ0v) is 9.49. The van der Waals surface area contributed by atoms with Gasteiger partial charge in [0.25, 0.3) is 5.56 Å². The third-order valence-corrected chi connectivity index (χ3v) is 4.19. The summed E-state index contributed by atoms with van der Waals surface area (Å²) in [6, 6.07) is 0. The summed E-state index contributed by atoms with van der Waals surface area (Å²) in [5.74, 6) is 0.135. The second-order valence-corrected chi connectivity index (χ2v) is 5.12. The van der Waals surface area contributed by atoms with Crippen LogP contribution >= 0.6 is 11.3 Å². The van der Waals surface area contributed by atoms with Crippen molar-refractivity contribution in [2.45, 2.75) is 32.4 Å². The van der Waals surface area contributed by atoms with Crippen molar-refractivity contribution in [1.82, 2.24) is 9.97 Å². The molecule has 1 aliphatic carbocycles. The third-order valence-electron chi connectivity index (χ3n) is 3.00. The maximum absolute atomic E-state index is 12.5. The monoisotopic (exact) mass is 238 g/mol. The summed E-state index contributed by atoms with van der Waals surface area (Å²) >= 11 is 1.55. The van der Waals surface area contributed by atoms with Gasteiger partial charge in [-0.15, -0.1) is 11.3 Å². The van der Waals surface area contributed by atoms with Crippen LogP contribution < -0.4 is 5.56 Å². The molecule has 1 aliphatic rings. The number of fused-ring (bicyclic) bond motifs is 3. The Balaban J connectivity index is 2.34. The maximum Gasteiger partial charge on any atom is 0.260 e. The summed E-state index contributed by atoms with van der Waals surface area (Å²) in [6.45, 7) is -0.715. The molecule has 2 aromatic rings. The lowest BCUT2D eigenvalue weighted by atomic mass is 9.97. The zero-order chi connectivity index (χ0) is 11.1. The standard InChI is InChI=1S/C11H11FN2OS/c12-5-8-13-10(15)9-6-3-1-2-4-7(6)16-11(9)14-8/h1-5H2,(H,13,14,15). The Morgan fingerprint density at radius 1 is 1.38 bits per heavy atom. The highest BCUT2D eigenvalue weighted by atomic mass is 32.1. The predicted octanol–water partition coefficient (Wildman–Crippen LogP) is 2.33. The fourth-order valence-electron chi connectivity index (χ4n) is 2.27. The van der Waals surface area contributed by atoms with Gasteiger partial charge in [0, 0.05) is 4.88 Å². The van der Waals surface area contributed by atoms with E-state index in [9.17, 15) is 9.18 Å². The van der Waals surface area contributed by atoms with Crippen LogP contribution in [0.1, 0.15) is 29.1 Å². The number of nitrogens with one attached hydrogen (secondary N) is 1. The van der Waals surface area contributed by atoms with Crippen molar-refractivity contribution >= 4 is 21.6 Å². The molecule has 3 nitrogen and oxygen atoms in total. The van der Waals surface area contributed by atoms with E-state index in [1.807, 2.05) is 0 Å². The Morgan fingerprint density at radius 2 is 2.19 bits per heavy atom. The molecule has 0 bridgehead atoms. The summed E-state index contributed by atoms with van der Waals surface area (Å²) in [5, 5.41) is 0.692. The number of aromatic nitrogens is 2. The van der Waals surface area contributed by atoms with Crippen molar-refractivity contribution < 1.29 is 4.39 Å². The number of thiophene rings is 1. The van der Waals surface area contributed by atoms with Crippen LogP contribution in [0.4, 0.5) is 4.39 Å². The van der Waals surface area contributed by atoms with Crippen LogP contribution in [0.3, 0.4) is 0 Å². The zero-order valence-electron chi connectivity index (χ0n) is 8.68. The molecule has 0 saturated carbocycles. The van der Waals surface area contributed by atoms with Crippen LogP contribution in [0.5, 0.6) is 0 Å². The number of hydrogen-bond donors (Lipinski definition) is 1. The van der Waals surface area contributed by atoms with Crippen LogP contribution in [0.25, 0.3) is 10.2 Å². The summed E-state index contributed by atoms with van der Waals surface area (Å²) in [5.41, 5.74) is 0.961. The SMILES string of the molecule is O=c1[nH]c(CF)nc2sc3c(c12)CCCC3. The number of H-pyrrole nitrogens is 1. The highest BCUT2D eigenvalue weighted by Crippen LogP contribution is 2.33. The van der Waals surface area contributed by atoms with Gasteiger partial charge in [-0.2, -0.15) is 0 Å². The number of rotatable bonds is 1. The van der Waals surface area contributed by atoms with Gasteiger partial charge in [0.1, 0.15) is 17.3 Å². The van der Waals surface area contributed by atoms with Crippen LogP contribution in [0.2, 0.25) is 0 Å². The molecule has 0 aromatic carbocycles. The molecule has 5 heteroatoms. The first-order valence-corrected chi connectivity index (χ1v) is 6.20. The van der Waals surface area contributed by atoms with Crippen LogP contribution in [-0.2, 0) is 19.5 Å². The van der Waals surface area contributed by atoms with E-state index < -0.39 is 6.67 Å². The van der Waals surface area contributed by atoms with Crippen molar-refractivity contribution in [3.8, 4) is 0 Å². The van der Waals surface area contributed by atoms with Gasteiger partial charge < -0.3 is 4.98 Å². The molecule has 0 amide bonds. The Kier molecular flexibility index (Phi) is 2.28. The summed E-state index contributed by atoms with van der Waals surface area (Å²) in [7, 11) is 0. The van der Waals surface area contributed by atoms with Crippen LogP contribution in [-0.4, -0.2) is 9.97 Å². The van der Waals surface area contributed by atoms with E-state index in [0.717, 1.165) is 24.8 Å². The molecule has 3 rings (SSSR count). The molecule has 0 radical (unpaired) electrons. The normalized spacial score (nSPS) is 15.3. The van der Waals surface area contributed by atoms with E-state index in [-0.39, 0.29) is 11.4 Å². The quantitative estimate of drug-likeness (QED) is 0.828. The van der Waals surface area contributed by atoms with E-state index in [4.69, 9.17) is 0 Å². The molecule has 1 N–H and O–H groups in total. The van der Waals surface area contributed by atoms with E-state index in [0.29, 0.717) is 10.2 Å². The Labute approximate surface area is 95.3 Å². The molecule has 0 atom stereocenters. The van der Waals surface area contributed by atoms with Crippen LogP contribution in [0.15, 0.2) is 4.79 Å². The summed E-state index contributed by atoms with van der Waals surface area (Å²) < 4.78 is 12.5. The van der Waals surface area contributed by atoms with E-state index in [1.54, 1.807) is 11.3 Å². The van der Waals surface area contributed by atoms with Gasteiger partial charge in [-0.3, -0.25) is 4.79 Å². The van der Waals surface area contributed by atoms with Gasteiger partial charge in [-0.25, -0.2) is 9.37 Å². The highest BCUT2D eigenvalue weighted by molar-refractivity contribution is 7.18. The van der Waals surface area contributed by atoms with Gasteiger partial charge in [-0.05, 0) is 31.2 Å². The molecule has 16 heavy (non-hydrogen) atoms. The molecule has 0 fully saturated rings. The van der Waals surface area contributed by atoms with Gasteiger partial charge in [0.05, 0.1) is 5.39 Å². The van der Waals surface area contributed by atoms with Gasteiger partial charge >= 0.3 is 0 Å². The first-order valence-electron chi connectivity index (χ1n) is 5.39. The van der Waals surface area contributed by atoms with Crippen molar-refractivity contribution in [3.05, 3.63) is 26.6 Å². The van der Waals surface area contributed by atoms with Gasteiger partial charge in [0.15, 0.2) is 0 Å². The van der Waals surface area contributed by atoms with Crippen molar-refractivity contribution in [1.29, 1.82) is 0 Å². The lowest BCUT2D eigenvalue weighted by Gasteiger charge is -2.09. The fourth-order valence-corrected chi connectivity index (χ4v) is 3.55. The third kappa shape index (κ3) is 1.38. The minimum atomic E-state index is -0.715. The van der Waals surface area contributed by atoms with E-state index >= 15 is 0 Å². The Bertz CT molecular complexity index is 602. The first kappa shape index (κ1) is 9.96. The minimum absolute atomic E-state index is 0.135. The minimum Gasteiger partial charge on any atom is -0.308 e. The Morgan fingerprint density at radius 3 is 3.00 bits per heavy atom. The average Bonchev–Trinajstić information content (AvgIpc) is 2.67. The molecule has 84 valence electrons. The molecule has 0 unspecified atom stereocenters. The number of hydrogen-bond acceptors (Lipinski definition) is 3. The number of nitrogens with zero attached hydrogens (tertiary/aromatic N) is 1. The van der Waals surface area contributed by atoms with Crippen molar-refractivity contribution in [2.75, 3.05) is 0 Å². The van der Waals surface area contributed by atoms with E-state index in [2.05, 4.69) is 9.97 Å². The molecule has 2 heterocycles. The average molecular weight is 238 g/mol. The lowest BCUT2D eigenvalue weighted by molar-refractivity contribution is 0.466. The second-order valence-electron chi connectivity index (χ2n) is 4.04. The molecule has 0 spiro atoms. The number of aromatic amines is 1. The van der Waals surface area contributed by atoms with E-state index in [1.165, 1.54) is 11.3 Å². The molecule has 0 aliphatic heterocycles. The molecular weight excluding hydrogens is 227 g/mol. The topological polar surface area (TPSA) is 45.8 Å². The largest absolute Gasteiger partial charge is 0.308 e. The predicted molar refractivity (Wildman–Crippen MR) is 61.7 cm³/mol. The first-order chi connectivity index (χ1) is 7.79. The maximum atomic E-state index is 12.5.